The number of sulfone groups is 1. The van der Waals surface area contributed by atoms with E-state index in [1.54, 1.807) is 12.1 Å². The normalized spacial score (nSPS) is 15.7. The van der Waals surface area contributed by atoms with Crippen LogP contribution in [0.5, 0.6) is 0 Å². The third-order valence-electron chi connectivity index (χ3n) is 3.95. The van der Waals surface area contributed by atoms with Crippen molar-refractivity contribution < 1.29 is 22.0 Å². The van der Waals surface area contributed by atoms with Gasteiger partial charge in [0.05, 0.1) is 9.48 Å². The van der Waals surface area contributed by atoms with E-state index in [0.717, 1.165) is 23.6 Å². The molecule has 1 amide bonds. The summed E-state index contributed by atoms with van der Waals surface area (Å²) < 4.78 is 48.3. The van der Waals surface area contributed by atoms with Crippen molar-refractivity contribution in [3.05, 3.63) is 59.7 Å². The molecule has 4 nitrogen and oxygen atoms in total. The number of halogens is 2. The van der Waals surface area contributed by atoms with Gasteiger partial charge in [0.15, 0.2) is 0 Å². The smallest absolute Gasteiger partial charge is 0.322 e. The van der Waals surface area contributed by atoms with Gasteiger partial charge < -0.3 is 5.32 Å². The van der Waals surface area contributed by atoms with E-state index in [-0.39, 0.29) is 5.91 Å². The Bertz CT molecular complexity index is 894. The van der Waals surface area contributed by atoms with Gasteiger partial charge in [-0.1, -0.05) is 12.1 Å². The first-order valence-corrected chi connectivity index (χ1v) is 11.8. The second kappa shape index (κ2) is 8.62. The number of carbonyl (C=O) groups is 1. The van der Waals surface area contributed by atoms with Gasteiger partial charge in [0.2, 0.25) is 9.84 Å². The zero-order chi connectivity index (χ0) is 19.4. The van der Waals surface area contributed by atoms with E-state index >= 15 is 0 Å². The molecule has 1 heterocycles. The minimum Gasteiger partial charge on any atom is -0.322 e. The lowest BCUT2D eigenvalue weighted by Gasteiger charge is -2.21. The summed E-state index contributed by atoms with van der Waals surface area (Å²) in [5.74, 6) is -1.55. The largest absolute Gasteiger partial charge is 0.341 e. The van der Waals surface area contributed by atoms with Crippen LogP contribution in [0.2, 0.25) is 0 Å². The number of benzene rings is 2. The number of anilines is 1. The molecule has 1 saturated heterocycles. The van der Waals surface area contributed by atoms with E-state index in [0.29, 0.717) is 15.8 Å². The van der Waals surface area contributed by atoms with Gasteiger partial charge in [-0.05, 0) is 59.9 Å². The maximum atomic E-state index is 12.5. The van der Waals surface area contributed by atoms with Crippen molar-refractivity contribution in [3.63, 3.8) is 0 Å². The summed E-state index contributed by atoms with van der Waals surface area (Å²) in [7, 11) is -4.64. The summed E-state index contributed by atoms with van der Waals surface area (Å²) in [4.78, 5) is 11.8. The molecule has 0 spiro atoms. The molecule has 0 atom stereocenters. The van der Waals surface area contributed by atoms with E-state index in [4.69, 9.17) is 0 Å². The van der Waals surface area contributed by atoms with Crippen LogP contribution in [0.25, 0.3) is 0 Å². The van der Waals surface area contributed by atoms with Crippen LogP contribution in [-0.4, -0.2) is 31.6 Å². The minimum atomic E-state index is -4.64. The van der Waals surface area contributed by atoms with Crippen molar-refractivity contribution in [2.45, 2.75) is 21.7 Å². The quantitative estimate of drug-likeness (QED) is 0.739. The van der Waals surface area contributed by atoms with Gasteiger partial charge in [-0.3, -0.25) is 4.79 Å². The molecule has 0 radical (unpaired) electrons. The molecule has 0 aliphatic carbocycles. The first-order chi connectivity index (χ1) is 12.9. The van der Waals surface area contributed by atoms with Crippen LogP contribution in [0, 0.1) is 0 Å². The molecule has 0 unspecified atom stereocenters. The molecule has 1 N–H and O–H groups in total. The SMILES string of the molecule is O=C(Nc1ccc(S(=O)(=O)C(F)F)cc1)c1ccc(C2SCCCS2)cc1. The lowest BCUT2D eigenvalue weighted by Crippen LogP contribution is -2.13. The summed E-state index contributed by atoms with van der Waals surface area (Å²) in [6.07, 6.45) is 1.21. The molecular formula is C18H17F2NO3S3. The molecule has 3 rings (SSSR count). The summed E-state index contributed by atoms with van der Waals surface area (Å²) in [5, 5.41) is 2.63. The number of hydrogen-bond donors (Lipinski definition) is 1. The molecule has 0 saturated carbocycles. The number of amides is 1. The number of rotatable bonds is 5. The van der Waals surface area contributed by atoms with E-state index in [9.17, 15) is 22.0 Å². The number of hydrogen-bond acceptors (Lipinski definition) is 5. The van der Waals surface area contributed by atoms with Gasteiger partial charge in [0, 0.05) is 11.3 Å². The second-order valence-corrected chi connectivity index (χ2v) is 10.5. The lowest BCUT2D eigenvalue weighted by molar-refractivity contribution is 0.102. The maximum absolute atomic E-state index is 12.5. The zero-order valence-corrected chi connectivity index (χ0v) is 16.5. The highest BCUT2D eigenvalue weighted by Crippen LogP contribution is 2.43. The van der Waals surface area contributed by atoms with Crippen molar-refractivity contribution in [3.8, 4) is 0 Å². The molecule has 1 fully saturated rings. The molecule has 1 aliphatic rings. The molecule has 0 aromatic heterocycles. The van der Waals surface area contributed by atoms with Crippen molar-refractivity contribution >= 4 is 45.0 Å². The van der Waals surface area contributed by atoms with Crippen LogP contribution in [0.15, 0.2) is 53.4 Å². The Morgan fingerprint density at radius 3 is 2.15 bits per heavy atom. The van der Waals surface area contributed by atoms with E-state index in [1.807, 2.05) is 35.7 Å². The average Bonchev–Trinajstić information content (AvgIpc) is 2.69. The standard InChI is InChI=1S/C18H17F2NO3S3/c19-18(20)27(23,24)15-8-6-14(7-9-15)21-16(22)12-2-4-13(5-3-12)17-25-10-1-11-26-17/h2-9,17-18H,1,10-11H2,(H,21,22). The Morgan fingerprint density at radius 1 is 1.00 bits per heavy atom. The Balaban J connectivity index is 1.66. The van der Waals surface area contributed by atoms with Crippen LogP contribution >= 0.6 is 23.5 Å². The van der Waals surface area contributed by atoms with Crippen molar-refractivity contribution in [2.75, 3.05) is 16.8 Å². The number of nitrogens with one attached hydrogen (secondary N) is 1. The fourth-order valence-electron chi connectivity index (χ4n) is 2.51. The second-order valence-electron chi connectivity index (χ2n) is 5.83. The Labute approximate surface area is 165 Å². The summed E-state index contributed by atoms with van der Waals surface area (Å²) in [6, 6.07) is 12.0. The molecule has 0 bridgehead atoms. The molecular weight excluding hydrogens is 412 g/mol. The molecule has 2 aromatic rings. The van der Waals surface area contributed by atoms with Gasteiger partial charge >= 0.3 is 5.76 Å². The van der Waals surface area contributed by atoms with Gasteiger partial charge in [-0.2, -0.15) is 8.78 Å². The highest BCUT2D eigenvalue weighted by molar-refractivity contribution is 8.16. The van der Waals surface area contributed by atoms with Crippen LogP contribution in [0.3, 0.4) is 0 Å². The number of alkyl halides is 2. The van der Waals surface area contributed by atoms with Crippen molar-refractivity contribution in [1.82, 2.24) is 0 Å². The highest BCUT2D eigenvalue weighted by atomic mass is 32.2. The summed E-state index contributed by atoms with van der Waals surface area (Å²) in [5.41, 5.74) is 1.97. The van der Waals surface area contributed by atoms with Crippen molar-refractivity contribution in [2.24, 2.45) is 0 Å². The van der Waals surface area contributed by atoms with Crippen LogP contribution in [0.4, 0.5) is 14.5 Å². The Kier molecular flexibility index (Phi) is 6.44. The van der Waals surface area contributed by atoms with Crippen LogP contribution in [0.1, 0.15) is 26.9 Å². The molecule has 2 aromatic carbocycles. The monoisotopic (exact) mass is 429 g/mol. The van der Waals surface area contributed by atoms with E-state index in [2.05, 4.69) is 5.32 Å². The third-order valence-corrected chi connectivity index (χ3v) is 8.36. The van der Waals surface area contributed by atoms with Gasteiger partial charge in [-0.15, -0.1) is 23.5 Å². The van der Waals surface area contributed by atoms with Crippen LogP contribution in [-0.2, 0) is 9.84 Å². The molecule has 144 valence electrons. The minimum absolute atomic E-state index is 0.329. The van der Waals surface area contributed by atoms with E-state index in [1.165, 1.54) is 24.1 Å². The lowest BCUT2D eigenvalue weighted by atomic mass is 10.1. The van der Waals surface area contributed by atoms with Gasteiger partial charge in [-0.25, -0.2) is 8.42 Å². The number of carbonyl (C=O) groups excluding carboxylic acids is 1. The van der Waals surface area contributed by atoms with Gasteiger partial charge in [0.25, 0.3) is 5.91 Å². The van der Waals surface area contributed by atoms with E-state index < -0.39 is 20.5 Å². The molecule has 27 heavy (non-hydrogen) atoms. The van der Waals surface area contributed by atoms with Gasteiger partial charge in [0.1, 0.15) is 0 Å². The van der Waals surface area contributed by atoms with Crippen LogP contribution < -0.4 is 5.32 Å². The Hall–Kier alpha value is -1.58. The topological polar surface area (TPSA) is 63.2 Å². The third kappa shape index (κ3) is 4.83. The zero-order valence-electron chi connectivity index (χ0n) is 14.1. The fourth-order valence-corrected chi connectivity index (χ4v) is 6.12. The molecule has 1 aliphatic heterocycles. The predicted molar refractivity (Wildman–Crippen MR) is 106 cm³/mol. The van der Waals surface area contributed by atoms with Crippen molar-refractivity contribution in [1.29, 1.82) is 0 Å². The predicted octanol–water partition coefficient (Wildman–Crippen LogP) is 4.80. The fraction of sp³-hybridized carbons (Fsp3) is 0.278. The maximum Gasteiger partial charge on any atom is 0.341 e. The average molecular weight is 430 g/mol. The first-order valence-electron chi connectivity index (χ1n) is 8.14. The summed E-state index contributed by atoms with van der Waals surface area (Å²) >= 11 is 3.80. The Morgan fingerprint density at radius 2 is 1.59 bits per heavy atom. The first kappa shape index (κ1) is 20.2. The highest BCUT2D eigenvalue weighted by Gasteiger charge is 2.26. The summed E-state index contributed by atoms with van der Waals surface area (Å²) in [6.45, 7) is 0. The molecule has 9 heteroatoms. The number of thioether (sulfide) groups is 2.